The van der Waals surface area contributed by atoms with Gasteiger partial charge in [0.15, 0.2) is 11.6 Å². The Kier molecular flexibility index (Phi) is 6.22. The van der Waals surface area contributed by atoms with E-state index in [1.54, 1.807) is 42.7 Å². The van der Waals surface area contributed by atoms with Crippen LogP contribution >= 0.6 is 0 Å². The van der Waals surface area contributed by atoms with Gasteiger partial charge in [0.1, 0.15) is 34.6 Å². The zero-order chi connectivity index (χ0) is 28.0. The second-order valence-corrected chi connectivity index (χ2v) is 10.8. The number of nitrogens with zero attached hydrogens (tertiary/aromatic N) is 5. The molecule has 0 aliphatic rings. The lowest BCUT2D eigenvalue weighted by atomic mass is 9.91. The molecule has 0 aliphatic heterocycles. The molecule has 0 amide bonds. The second-order valence-electron chi connectivity index (χ2n) is 10.8. The molecular formula is C29H26F2N8O. The summed E-state index contributed by atoms with van der Waals surface area (Å²) >= 11 is 0. The predicted molar refractivity (Wildman–Crippen MR) is 149 cm³/mol. The average Bonchev–Trinajstić information content (AvgIpc) is 3.53. The molecule has 9 nitrogen and oxygen atoms in total. The molecular weight excluding hydrogens is 514 g/mol. The van der Waals surface area contributed by atoms with Crippen LogP contribution in [-0.2, 0) is 0 Å². The third kappa shape index (κ3) is 4.75. The van der Waals surface area contributed by atoms with Crippen LogP contribution in [0.15, 0.2) is 61.2 Å². The van der Waals surface area contributed by atoms with E-state index < -0.39 is 17.9 Å². The van der Waals surface area contributed by atoms with Gasteiger partial charge in [-0.25, -0.2) is 13.8 Å². The molecule has 0 saturated heterocycles. The number of H-pyrrole nitrogens is 2. The van der Waals surface area contributed by atoms with Crippen LogP contribution in [0.4, 0.5) is 14.5 Å². The third-order valence-corrected chi connectivity index (χ3v) is 6.45. The van der Waals surface area contributed by atoms with Crippen molar-refractivity contribution in [3.8, 4) is 34.0 Å². The lowest BCUT2D eigenvalue weighted by molar-refractivity contribution is 0.145. The minimum atomic E-state index is -0.797. The SMILES string of the molecule is CC(C)(C)CC(O)Nc1cncc(-c2ncc3[nH]nc(-c4nc5c(-c6ccccc6F)nccc5[nH]4)c3c2F)c1. The van der Waals surface area contributed by atoms with E-state index >= 15 is 4.39 Å². The van der Waals surface area contributed by atoms with E-state index in [1.807, 2.05) is 20.8 Å². The Balaban J connectivity index is 1.41. The molecule has 5 aromatic heterocycles. The highest BCUT2D eigenvalue weighted by atomic mass is 19.1. The number of pyridine rings is 3. The summed E-state index contributed by atoms with van der Waals surface area (Å²) in [5.74, 6) is -0.736. The number of anilines is 1. The standard InChI is InChI=1S/C29H26F2N8O/c1-29(2,3)11-21(40)35-16-10-15(12-32-13-16)24-23(31)22-20(14-34-24)38-39-27(22)28-36-19-8-9-33-25(26(19)37-28)17-6-4-5-7-18(17)30/h4-10,12-14,21,35,40H,11H2,1-3H3,(H,36,37)(H,38,39). The van der Waals surface area contributed by atoms with Crippen molar-refractivity contribution < 1.29 is 13.9 Å². The van der Waals surface area contributed by atoms with E-state index in [4.69, 9.17) is 0 Å². The Morgan fingerprint density at radius 1 is 0.975 bits per heavy atom. The summed E-state index contributed by atoms with van der Waals surface area (Å²) in [6.45, 7) is 6.09. The fraction of sp³-hybridized carbons (Fsp3) is 0.207. The van der Waals surface area contributed by atoms with Crippen LogP contribution in [0.1, 0.15) is 27.2 Å². The fourth-order valence-electron chi connectivity index (χ4n) is 4.72. The number of aromatic nitrogens is 7. The van der Waals surface area contributed by atoms with Gasteiger partial charge in [-0.05, 0) is 36.1 Å². The molecule has 0 aliphatic carbocycles. The first kappa shape index (κ1) is 25.5. The Labute approximate surface area is 227 Å². The van der Waals surface area contributed by atoms with Gasteiger partial charge < -0.3 is 15.4 Å². The summed E-state index contributed by atoms with van der Waals surface area (Å²) < 4.78 is 30.6. The van der Waals surface area contributed by atoms with Crippen molar-refractivity contribution in [2.45, 2.75) is 33.4 Å². The molecule has 0 saturated carbocycles. The van der Waals surface area contributed by atoms with Gasteiger partial charge in [0.2, 0.25) is 0 Å². The summed E-state index contributed by atoms with van der Waals surface area (Å²) in [6.07, 6.45) is 5.84. The smallest absolute Gasteiger partial charge is 0.161 e. The van der Waals surface area contributed by atoms with Crippen LogP contribution in [-0.4, -0.2) is 46.5 Å². The molecule has 4 N–H and O–H groups in total. The summed E-state index contributed by atoms with van der Waals surface area (Å²) in [5, 5.41) is 20.8. The molecule has 0 bridgehead atoms. The summed E-state index contributed by atoms with van der Waals surface area (Å²) in [4.78, 5) is 20.7. The maximum Gasteiger partial charge on any atom is 0.161 e. The highest BCUT2D eigenvalue weighted by molar-refractivity contribution is 5.97. The van der Waals surface area contributed by atoms with E-state index in [1.165, 1.54) is 18.5 Å². The van der Waals surface area contributed by atoms with Gasteiger partial charge in [0.25, 0.3) is 0 Å². The number of rotatable bonds is 6. The zero-order valence-corrected chi connectivity index (χ0v) is 22.0. The Morgan fingerprint density at radius 3 is 2.60 bits per heavy atom. The molecule has 1 aromatic carbocycles. The number of nitrogens with one attached hydrogen (secondary N) is 3. The third-order valence-electron chi connectivity index (χ3n) is 6.45. The van der Waals surface area contributed by atoms with Crippen LogP contribution in [0.25, 0.3) is 56.0 Å². The summed E-state index contributed by atoms with van der Waals surface area (Å²) in [6, 6.07) is 9.72. The van der Waals surface area contributed by atoms with Crippen LogP contribution in [0.3, 0.4) is 0 Å². The molecule has 0 fully saturated rings. The Hall–Kier alpha value is -4.77. The first-order chi connectivity index (χ1) is 19.2. The number of fused-ring (bicyclic) bond motifs is 2. The van der Waals surface area contributed by atoms with Crippen molar-refractivity contribution in [3.05, 3.63) is 72.8 Å². The van der Waals surface area contributed by atoms with E-state index in [0.717, 1.165) is 0 Å². The normalized spacial score (nSPS) is 12.8. The molecule has 1 atom stereocenters. The van der Waals surface area contributed by atoms with Gasteiger partial charge in [0.05, 0.1) is 34.5 Å². The van der Waals surface area contributed by atoms with Gasteiger partial charge in [0, 0.05) is 23.5 Å². The van der Waals surface area contributed by atoms with E-state index in [9.17, 15) is 9.50 Å². The van der Waals surface area contributed by atoms with E-state index in [-0.39, 0.29) is 22.2 Å². The first-order valence-corrected chi connectivity index (χ1v) is 12.7. The monoisotopic (exact) mass is 540 g/mol. The number of hydrogen-bond acceptors (Lipinski definition) is 7. The van der Waals surface area contributed by atoms with Crippen LogP contribution in [0.2, 0.25) is 0 Å². The van der Waals surface area contributed by atoms with E-state index in [0.29, 0.717) is 51.3 Å². The van der Waals surface area contributed by atoms with Crippen molar-refractivity contribution in [3.63, 3.8) is 0 Å². The maximum absolute atomic E-state index is 16.1. The number of benzene rings is 1. The van der Waals surface area contributed by atoms with Crippen molar-refractivity contribution in [1.82, 2.24) is 35.1 Å². The van der Waals surface area contributed by atoms with Gasteiger partial charge >= 0.3 is 0 Å². The summed E-state index contributed by atoms with van der Waals surface area (Å²) in [5.41, 5.74) is 3.29. The van der Waals surface area contributed by atoms with Crippen molar-refractivity contribution in [1.29, 1.82) is 0 Å². The molecule has 11 heteroatoms. The highest BCUT2D eigenvalue weighted by Gasteiger charge is 2.22. The Bertz CT molecular complexity index is 1860. The number of aliphatic hydroxyl groups is 1. The predicted octanol–water partition coefficient (Wildman–Crippen LogP) is 6.07. The molecule has 0 radical (unpaired) electrons. The topological polar surface area (TPSA) is 128 Å². The molecule has 5 heterocycles. The van der Waals surface area contributed by atoms with Crippen molar-refractivity contribution in [2.75, 3.05) is 5.32 Å². The molecule has 0 spiro atoms. The van der Waals surface area contributed by atoms with Crippen LogP contribution in [0, 0.1) is 17.0 Å². The lowest BCUT2D eigenvalue weighted by Gasteiger charge is -2.23. The van der Waals surface area contributed by atoms with Gasteiger partial charge in [-0.1, -0.05) is 32.9 Å². The van der Waals surface area contributed by atoms with Crippen LogP contribution in [0.5, 0.6) is 0 Å². The molecule has 202 valence electrons. The summed E-state index contributed by atoms with van der Waals surface area (Å²) in [7, 11) is 0. The number of imidazole rings is 1. The number of aliphatic hydroxyl groups excluding tert-OH is 1. The number of hydrogen-bond donors (Lipinski definition) is 4. The zero-order valence-electron chi connectivity index (χ0n) is 22.0. The van der Waals surface area contributed by atoms with Crippen molar-refractivity contribution in [2.24, 2.45) is 5.41 Å². The molecule has 6 rings (SSSR count). The molecule has 40 heavy (non-hydrogen) atoms. The lowest BCUT2D eigenvalue weighted by Crippen LogP contribution is -2.25. The molecule has 6 aromatic rings. The van der Waals surface area contributed by atoms with E-state index in [2.05, 4.69) is 40.4 Å². The first-order valence-electron chi connectivity index (χ1n) is 12.7. The fourth-order valence-corrected chi connectivity index (χ4v) is 4.72. The van der Waals surface area contributed by atoms with Gasteiger partial charge in [-0.3, -0.25) is 20.1 Å². The number of halogens is 2. The largest absolute Gasteiger partial charge is 0.374 e. The van der Waals surface area contributed by atoms with Gasteiger partial charge in [-0.2, -0.15) is 5.10 Å². The minimum absolute atomic E-state index is 0.0708. The number of aromatic amines is 2. The van der Waals surface area contributed by atoms with Crippen molar-refractivity contribution >= 4 is 27.6 Å². The average molecular weight is 541 g/mol. The molecule has 1 unspecified atom stereocenters. The maximum atomic E-state index is 16.1. The van der Waals surface area contributed by atoms with Crippen LogP contribution < -0.4 is 5.32 Å². The second kappa shape index (κ2) is 9.76. The van der Waals surface area contributed by atoms with Gasteiger partial charge in [-0.15, -0.1) is 0 Å². The minimum Gasteiger partial charge on any atom is -0.374 e. The quantitative estimate of drug-likeness (QED) is 0.189. The highest BCUT2D eigenvalue weighted by Crippen LogP contribution is 2.34. The Morgan fingerprint density at radius 2 is 1.80 bits per heavy atom.